The molecule has 0 aromatic rings. The quantitative estimate of drug-likeness (QED) is 0.310. The number of unbranched alkanes of at least 4 members (excludes halogenated alkanes) is 7. The van der Waals surface area contributed by atoms with Crippen LogP contribution in [0, 0.1) is 0 Å². The van der Waals surface area contributed by atoms with Crippen molar-refractivity contribution in [2.24, 2.45) is 0 Å². The van der Waals surface area contributed by atoms with Crippen molar-refractivity contribution < 1.29 is 19.1 Å². The molecule has 0 aliphatic rings. The lowest BCUT2D eigenvalue weighted by Gasteiger charge is -2.03. The fourth-order valence-electron chi connectivity index (χ4n) is 1.71. The molecular weight excluding hydrogens is 244 g/mol. The Kier molecular flexibility index (Phi) is 12.2. The van der Waals surface area contributed by atoms with Gasteiger partial charge >= 0.3 is 11.9 Å². The average Bonchev–Trinajstić information content (AvgIpc) is 2.39. The van der Waals surface area contributed by atoms with E-state index in [0.29, 0.717) is 13.2 Å². The molecule has 0 aliphatic carbocycles. The summed E-state index contributed by atoms with van der Waals surface area (Å²) in [4.78, 5) is 21.2. The highest BCUT2D eigenvalue weighted by Crippen LogP contribution is 2.08. The van der Waals surface area contributed by atoms with Crippen molar-refractivity contribution in [2.75, 3.05) is 13.2 Å². The highest BCUT2D eigenvalue weighted by Gasteiger charge is 1.96. The first kappa shape index (κ1) is 17.7. The molecule has 0 atom stereocenters. The van der Waals surface area contributed by atoms with Crippen LogP contribution in [0.15, 0.2) is 12.7 Å². The predicted molar refractivity (Wildman–Crippen MR) is 74.7 cm³/mol. The van der Waals surface area contributed by atoms with E-state index < -0.39 is 0 Å². The van der Waals surface area contributed by atoms with Gasteiger partial charge in [0.05, 0.1) is 13.2 Å². The Morgan fingerprint density at radius 3 is 1.68 bits per heavy atom. The monoisotopic (exact) mass is 270 g/mol. The van der Waals surface area contributed by atoms with E-state index in [1.807, 2.05) is 0 Å². The van der Waals surface area contributed by atoms with Crippen molar-refractivity contribution in [3.8, 4) is 0 Å². The van der Waals surface area contributed by atoms with Crippen LogP contribution in [-0.2, 0) is 19.1 Å². The summed E-state index contributed by atoms with van der Waals surface area (Å²) < 4.78 is 9.74. The molecule has 0 aromatic heterocycles. The standard InChI is InChI=1S/C15H26O4/c1-3-15(17)19-13-11-9-7-5-4-6-8-10-12-18-14(2)16/h3H,1,4-13H2,2H3. The summed E-state index contributed by atoms with van der Waals surface area (Å²) in [6.45, 7) is 5.81. The van der Waals surface area contributed by atoms with Gasteiger partial charge in [0.25, 0.3) is 0 Å². The normalized spacial score (nSPS) is 9.95. The second-order valence-electron chi connectivity index (χ2n) is 4.54. The summed E-state index contributed by atoms with van der Waals surface area (Å²) in [5.41, 5.74) is 0. The molecule has 19 heavy (non-hydrogen) atoms. The maximum Gasteiger partial charge on any atom is 0.330 e. The van der Waals surface area contributed by atoms with E-state index in [9.17, 15) is 9.59 Å². The van der Waals surface area contributed by atoms with Crippen molar-refractivity contribution >= 4 is 11.9 Å². The Morgan fingerprint density at radius 2 is 1.26 bits per heavy atom. The molecule has 0 spiro atoms. The van der Waals surface area contributed by atoms with Crippen LogP contribution >= 0.6 is 0 Å². The van der Waals surface area contributed by atoms with Gasteiger partial charge in [0.2, 0.25) is 0 Å². The van der Waals surface area contributed by atoms with Gasteiger partial charge in [0, 0.05) is 13.0 Å². The van der Waals surface area contributed by atoms with E-state index in [2.05, 4.69) is 6.58 Å². The fraction of sp³-hybridized carbons (Fsp3) is 0.733. The maximum absolute atomic E-state index is 10.7. The third kappa shape index (κ3) is 14.6. The topological polar surface area (TPSA) is 52.6 Å². The molecule has 4 heteroatoms. The van der Waals surface area contributed by atoms with Crippen molar-refractivity contribution in [2.45, 2.75) is 58.3 Å². The van der Waals surface area contributed by atoms with E-state index in [-0.39, 0.29) is 11.9 Å². The van der Waals surface area contributed by atoms with Gasteiger partial charge in [-0.1, -0.05) is 45.1 Å². The lowest BCUT2D eigenvalue weighted by Crippen LogP contribution is -2.01. The molecule has 0 radical (unpaired) electrons. The molecule has 110 valence electrons. The summed E-state index contributed by atoms with van der Waals surface area (Å²) in [5.74, 6) is -0.537. The molecule has 0 unspecified atom stereocenters. The second-order valence-corrected chi connectivity index (χ2v) is 4.54. The minimum absolute atomic E-state index is 0.197. The third-order valence-electron chi connectivity index (χ3n) is 2.75. The molecule has 0 N–H and O–H groups in total. The van der Waals surface area contributed by atoms with E-state index >= 15 is 0 Å². The van der Waals surface area contributed by atoms with Crippen LogP contribution in [0.3, 0.4) is 0 Å². The van der Waals surface area contributed by atoms with Crippen LogP contribution in [0.25, 0.3) is 0 Å². The first-order chi connectivity index (χ1) is 9.16. The molecule has 0 aliphatic heterocycles. The summed E-state index contributed by atoms with van der Waals surface area (Å²) in [6.07, 6.45) is 10.1. The minimum Gasteiger partial charge on any atom is -0.466 e. The lowest BCUT2D eigenvalue weighted by molar-refractivity contribution is -0.141. The lowest BCUT2D eigenvalue weighted by atomic mass is 10.1. The number of rotatable bonds is 12. The number of carbonyl (C=O) groups excluding carboxylic acids is 2. The van der Waals surface area contributed by atoms with Crippen LogP contribution in [0.2, 0.25) is 0 Å². The van der Waals surface area contributed by atoms with Crippen molar-refractivity contribution in [3.63, 3.8) is 0 Å². The van der Waals surface area contributed by atoms with Crippen molar-refractivity contribution in [1.82, 2.24) is 0 Å². The zero-order chi connectivity index (χ0) is 14.3. The Hall–Kier alpha value is -1.32. The highest BCUT2D eigenvalue weighted by molar-refractivity contribution is 5.81. The molecule has 4 nitrogen and oxygen atoms in total. The number of hydrogen-bond donors (Lipinski definition) is 0. The number of ether oxygens (including phenoxy) is 2. The Morgan fingerprint density at radius 1 is 0.842 bits per heavy atom. The van der Waals surface area contributed by atoms with E-state index in [4.69, 9.17) is 9.47 Å². The van der Waals surface area contributed by atoms with Gasteiger partial charge in [-0.05, 0) is 12.8 Å². The van der Waals surface area contributed by atoms with E-state index in [0.717, 1.165) is 25.7 Å². The van der Waals surface area contributed by atoms with Crippen LogP contribution in [0.1, 0.15) is 58.3 Å². The van der Waals surface area contributed by atoms with E-state index in [1.165, 1.54) is 38.7 Å². The van der Waals surface area contributed by atoms with Gasteiger partial charge in [-0.3, -0.25) is 4.79 Å². The molecule has 0 saturated carbocycles. The minimum atomic E-state index is -0.340. The average molecular weight is 270 g/mol. The van der Waals surface area contributed by atoms with Gasteiger partial charge in [0.15, 0.2) is 0 Å². The van der Waals surface area contributed by atoms with E-state index in [1.54, 1.807) is 0 Å². The number of esters is 2. The van der Waals surface area contributed by atoms with Crippen LogP contribution in [0.4, 0.5) is 0 Å². The fourth-order valence-corrected chi connectivity index (χ4v) is 1.71. The van der Waals surface area contributed by atoms with Gasteiger partial charge < -0.3 is 9.47 Å². The van der Waals surface area contributed by atoms with Crippen LogP contribution in [-0.4, -0.2) is 25.2 Å². The van der Waals surface area contributed by atoms with Crippen molar-refractivity contribution in [1.29, 1.82) is 0 Å². The summed E-state index contributed by atoms with van der Waals surface area (Å²) in [6, 6.07) is 0. The Balaban J connectivity index is 3.05. The smallest absolute Gasteiger partial charge is 0.330 e. The molecule has 0 bridgehead atoms. The largest absolute Gasteiger partial charge is 0.466 e. The van der Waals surface area contributed by atoms with Gasteiger partial charge in [0.1, 0.15) is 0 Å². The first-order valence-electron chi connectivity index (χ1n) is 7.09. The predicted octanol–water partition coefficient (Wildman–Crippen LogP) is 3.40. The summed E-state index contributed by atoms with van der Waals surface area (Å²) >= 11 is 0. The van der Waals surface area contributed by atoms with Crippen molar-refractivity contribution in [3.05, 3.63) is 12.7 Å². The summed E-state index contributed by atoms with van der Waals surface area (Å²) in [7, 11) is 0. The van der Waals surface area contributed by atoms with Gasteiger partial charge in [-0.25, -0.2) is 4.79 Å². The second kappa shape index (κ2) is 13.1. The van der Waals surface area contributed by atoms with Crippen LogP contribution in [0.5, 0.6) is 0 Å². The Bertz CT molecular complexity index is 261. The van der Waals surface area contributed by atoms with Crippen LogP contribution < -0.4 is 0 Å². The molecule has 0 rings (SSSR count). The Labute approximate surface area is 116 Å². The highest BCUT2D eigenvalue weighted by atomic mass is 16.5. The van der Waals surface area contributed by atoms with Gasteiger partial charge in [-0.2, -0.15) is 0 Å². The zero-order valence-corrected chi connectivity index (χ0v) is 12.0. The molecule has 0 fully saturated rings. The molecule has 0 heterocycles. The number of hydrogen-bond acceptors (Lipinski definition) is 4. The first-order valence-corrected chi connectivity index (χ1v) is 7.09. The molecule has 0 saturated heterocycles. The third-order valence-corrected chi connectivity index (χ3v) is 2.75. The summed E-state index contributed by atoms with van der Waals surface area (Å²) in [5, 5.41) is 0. The zero-order valence-electron chi connectivity index (χ0n) is 12.0. The molecule has 0 amide bonds. The number of carbonyl (C=O) groups is 2. The maximum atomic E-state index is 10.7. The SMILES string of the molecule is C=CC(=O)OCCCCCCCCCCOC(C)=O. The molecular formula is C15H26O4. The molecule has 0 aromatic carbocycles. The van der Waals surface area contributed by atoms with Gasteiger partial charge in [-0.15, -0.1) is 0 Å².